The zero-order valence-electron chi connectivity index (χ0n) is 11.4. The first-order valence-corrected chi connectivity index (χ1v) is 6.67. The minimum absolute atomic E-state index is 0.0712. The molecule has 0 unspecified atom stereocenters. The van der Waals surface area contributed by atoms with Crippen LogP contribution in [0, 0.1) is 5.41 Å². The van der Waals surface area contributed by atoms with Gasteiger partial charge in [0.05, 0.1) is 17.1 Å². The maximum absolute atomic E-state index is 7.47. The van der Waals surface area contributed by atoms with Gasteiger partial charge in [0.25, 0.3) is 0 Å². The molecule has 1 aromatic heterocycles. The van der Waals surface area contributed by atoms with Crippen molar-refractivity contribution in [2.45, 2.75) is 19.8 Å². The Hall–Kier alpha value is -2.49. The van der Waals surface area contributed by atoms with Crippen molar-refractivity contribution in [2.75, 3.05) is 0 Å². The van der Waals surface area contributed by atoms with E-state index in [2.05, 4.69) is 23.0 Å². The van der Waals surface area contributed by atoms with Gasteiger partial charge in [0.15, 0.2) is 0 Å². The first-order valence-electron chi connectivity index (χ1n) is 6.67. The first kappa shape index (κ1) is 12.5. The van der Waals surface area contributed by atoms with Crippen molar-refractivity contribution >= 4 is 17.2 Å². The molecule has 0 atom stereocenters. The number of rotatable bonds is 3. The van der Waals surface area contributed by atoms with Gasteiger partial charge in [-0.2, -0.15) is 0 Å². The summed E-state index contributed by atoms with van der Waals surface area (Å²) >= 11 is 0. The summed E-state index contributed by atoms with van der Waals surface area (Å²) in [6.07, 6.45) is 3.68. The Kier molecular flexibility index (Phi) is 3.06. The van der Waals surface area contributed by atoms with E-state index >= 15 is 0 Å². The van der Waals surface area contributed by atoms with Crippen LogP contribution in [0.2, 0.25) is 0 Å². The standard InChI is InChI=1S/C16H16N4/c1-2-10-3-6-13(19-9-10)15-7-11-4-5-12(16(17)18)8-14(11)20-15/h3-6,8-9H,2,7H2,1H3,(H3,17,18). The highest BCUT2D eigenvalue weighted by Crippen LogP contribution is 2.29. The molecule has 1 aliphatic rings. The summed E-state index contributed by atoms with van der Waals surface area (Å²) in [6, 6.07) is 9.84. The Morgan fingerprint density at radius 3 is 2.80 bits per heavy atom. The maximum Gasteiger partial charge on any atom is 0.122 e. The van der Waals surface area contributed by atoms with E-state index in [1.807, 2.05) is 30.5 Å². The molecule has 0 saturated heterocycles. The van der Waals surface area contributed by atoms with E-state index in [1.165, 1.54) is 5.56 Å². The first-order chi connectivity index (χ1) is 9.67. The Morgan fingerprint density at radius 2 is 2.15 bits per heavy atom. The topological polar surface area (TPSA) is 75.1 Å². The highest BCUT2D eigenvalue weighted by Gasteiger charge is 2.17. The number of hydrogen-bond acceptors (Lipinski definition) is 3. The van der Waals surface area contributed by atoms with E-state index in [0.29, 0.717) is 5.56 Å². The van der Waals surface area contributed by atoms with Crippen LogP contribution in [0.5, 0.6) is 0 Å². The number of aliphatic imine (C=N–C) groups is 1. The third-order valence-corrected chi connectivity index (χ3v) is 3.54. The van der Waals surface area contributed by atoms with Gasteiger partial charge in [-0.05, 0) is 29.7 Å². The van der Waals surface area contributed by atoms with Gasteiger partial charge in [0, 0.05) is 18.2 Å². The Labute approximate surface area is 117 Å². The Balaban J connectivity index is 1.93. The number of aryl methyl sites for hydroxylation is 1. The van der Waals surface area contributed by atoms with Gasteiger partial charge in [-0.15, -0.1) is 0 Å². The minimum atomic E-state index is 0.0712. The van der Waals surface area contributed by atoms with Crippen LogP contribution in [0.1, 0.15) is 29.3 Å². The molecule has 4 nitrogen and oxygen atoms in total. The van der Waals surface area contributed by atoms with Gasteiger partial charge < -0.3 is 5.73 Å². The zero-order valence-corrected chi connectivity index (χ0v) is 11.4. The van der Waals surface area contributed by atoms with E-state index in [9.17, 15) is 0 Å². The predicted molar refractivity (Wildman–Crippen MR) is 81.0 cm³/mol. The van der Waals surface area contributed by atoms with Crippen molar-refractivity contribution in [1.82, 2.24) is 4.98 Å². The van der Waals surface area contributed by atoms with Crippen LogP contribution < -0.4 is 5.73 Å². The SMILES string of the molecule is CCc1ccc(C2=Nc3cc(C(=N)N)ccc3C2)nc1. The molecule has 0 radical (unpaired) electrons. The lowest BCUT2D eigenvalue weighted by Crippen LogP contribution is -2.10. The van der Waals surface area contributed by atoms with Crippen molar-refractivity contribution in [1.29, 1.82) is 5.41 Å². The highest BCUT2D eigenvalue weighted by atomic mass is 14.8. The van der Waals surface area contributed by atoms with Crippen molar-refractivity contribution in [2.24, 2.45) is 10.7 Å². The summed E-state index contributed by atoms with van der Waals surface area (Å²) in [4.78, 5) is 9.10. The summed E-state index contributed by atoms with van der Waals surface area (Å²) in [5, 5.41) is 7.47. The van der Waals surface area contributed by atoms with E-state index in [1.54, 1.807) is 0 Å². The lowest BCUT2D eigenvalue weighted by Gasteiger charge is -2.01. The number of fused-ring (bicyclic) bond motifs is 1. The normalized spacial score (nSPS) is 12.9. The number of amidine groups is 1. The molecule has 0 bridgehead atoms. The largest absolute Gasteiger partial charge is 0.384 e. The molecule has 3 rings (SSSR count). The molecule has 1 aromatic carbocycles. The molecule has 0 fully saturated rings. The van der Waals surface area contributed by atoms with Gasteiger partial charge in [0.2, 0.25) is 0 Å². The smallest absolute Gasteiger partial charge is 0.122 e. The Morgan fingerprint density at radius 1 is 1.30 bits per heavy atom. The number of nitrogen functional groups attached to an aromatic ring is 1. The molecule has 4 heteroatoms. The number of benzene rings is 1. The fourth-order valence-electron chi connectivity index (χ4n) is 2.30. The van der Waals surface area contributed by atoms with Gasteiger partial charge >= 0.3 is 0 Å². The van der Waals surface area contributed by atoms with Crippen LogP contribution in [0.3, 0.4) is 0 Å². The lowest BCUT2D eigenvalue weighted by molar-refractivity contribution is 1.10. The number of aromatic nitrogens is 1. The molecule has 0 aliphatic carbocycles. The summed E-state index contributed by atoms with van der Waals surface area (Å²) < 4.78 is 0. The quantitative estimate of drug-likeness (QED) is 0.660. The minimum Gasteiger partial charge on any atom is -0.384 e. The molecule has 2 heterocycles. The second-order valence-electron chi connectivity index (χ2n) is 4.90. The fraction of sp³-hybridized carbons (Fsp3) is 0.188. The second-order valence-corrected chi connectivity index (χ2v) is 4.90. The van der Waals surface area contributed by atoms with Crippen LogP contribution in [0.4, 0.5) is 5.69 Å². The number of nitrogens with one attached hydrogen (secondary N) is 1. The molecule has 2 aromatic rings. The van der Waals surface area contributed by atoms with Crippen LogP contribution in [-0.4, -0.2) is 16.5 Å². The van der Waals surface area contributed by atoms with Crippen molar-refractivity contribution in [3.8, 4) is 0 Å². The third-order valence-electron chi connectivity index (χ3n) is 3.54. The molecule has 0 saturated carbocycles. The Bertz CT molecular complexity index is 699. The summed E-state index contributed by atoms with van der Waals surface area (Å²) in [7, 11) is 0. The van der Waals surface area contributed by atoms with Crippen LogP contribution >= 0.6 is 0 Å². The average Bonchev–Trinajstić information content (AvgIpc) is 2.90. The molecule has 0 spiro atoms. The summed E-state index contributed by atoms with van der Waals surface area (Å²) in [5.41, 5.74) is 11.4. The lowest BCUT2D eigenvalue weighted by atomic mass is 10.0. The second kappa shape index (κ2) is 4.89. The van der Waals surface area contributed by atoms with Gasteiger partial charge in [-0.1, -0.05) is 25.1 Å². The van der Waals surface area contributed by atoms with Crippen molar-refractivity contribution < 1.29 is 0 Å². The van der Waals surface area contributed by atoms with Gasteiger partial charge in [-0.3, -0.25) is 15.4 Å². The van der Waals surface area contributed by atoms with Crippen LogP contribution in [0.25, 0.3) is 0 Å². The van der Waals surface area contributed by atoms with E-state index in [0.717, 1.165) is 35.5 Å². The molecular formula is C16H16N4. The van der Waals surface area contributed by atoms with Gasteiger partial charge in [0.1, 0.15) is 5.84 Å². The van der Waals surface area contributed by atoms with Crippen molar-refractivity contribution in [3.63, 3.8) is 0 Å². The molecule has 3 N–H and O–H groups in total. The van der Waals surface area contributed by atoms with Gasteiger partial charge in [-0.25, -0.2) is 0 Å². The molecular weight excluding hydrogens is 248 g/mol. The molecule has 0 amide bonds. The fourth-order valence-corrected chi connectivity index (χ4v) is 2.30. The monoisotopic (exact) mass is 264 g/mol. The number of nitrogens with two attached hydrogens (primary N) is 1. The third kappa shape index (κ3) is 2.20. The predicted octanol–water partition coefficient (Wildman–Crippen LogP) is 2.60. The highest BCUT2D eigenvalue weighted by molar-refractivity contribution is 6.06. The molecule has 1 aliphatic heterocycles. The molecule has 20 heavy (non-hydrogen) atoms. The maximum atomic E-state index is 7.47. The number of hydrogen-bond donors (Lipinski definition) is 2. The molecule has 100 valence electrons. The summed E-state index contributed by atoms with van der Waals surface area (Å²) in [5.74, 6) is 0.0712. The number of pyridine rings is 1. The van der Waals surface area contributed by atoms with E-state index in [4.69, 9.17) is 11.1 Å². The summed E-state index contributed by atoms with van der Waals surface area (Å²) in [6.45, 7) is 2.11. The van der Waals surface area contributed by atoms with Crippen LogP contribution in [0.15, 0.2) is 41.5 Å². The van der Waals surface area contributed by atoms with Crippen LogP contribution in [-0.2, 0) is 12.8 Å². The zero-order chi connectivity index (χ0) is 14.1. The number of nitrogens with zero attached hydrogens (tertiary/aromatic N) is 2. The van der Waals surface area contributed by atoms with E-state index < -0.39 is 0 Å². The average molecular weight is 264 g/mol. The van der Waals surface area contributed by atoms with E-state index in [-0.39, 0.29) is 5.84 Å². The van der Waals surface area contributed by atoms with Crippen molar-refractivity contribution in [3.05, 3.63) is 58.9 Å².